The number of nitrogens with one attached hydrogen (secondary N) is 1. The van der Waals surface area contributed by atoms with Crippen LogP contribution >= 0.6 is 22.6 Å². The standard InChI is InChI=1S/C17H16INO4/c18-13-8-6-11(7-9-13)10-14(17(22)23)19-16(21)15(20)12-4-2-1-3-5-12/h1-9,14-15,20H,10H2,(H,19,21)(H,22,23)/t14-,15+/m1/s1. The number of benzene rings is 2. The number of hydrogen-bond donors (Lipinski definition) is 3. The molecule has 0 saturated heterocycles. The molecule has 23 heavy (non-hydrogen) atoms. The quantitative estimate of drug-likeness (QED) is 0.620. The fourth-order valence-corrected chi connectivity index (χ4v) is 2.45. The van der Waals surface area contributed by atoms with E-state index in [0.717, 1.165) is 9.13 Å². The van der Waals surface area contributed by atoms with E-state index in [2.05, 4.69) is 27.9 Å². The monoisotopic (exact) mass is 425 g/mol. The maximum atomic E-state index is 12.1. The maximum Gasteiger partial charge on any atom is 0.326 e. The van der Waals surface area contributed by atoms with Crippen molar-refractivity contribution in [3.05, 3.63) is 69.3 Å². The minimum atomic E-state index is -1.39. The Morgan fingerprint density at radius 1 is 1.04 bits per heavy atom. The van der Waals surface area contributed by atoms with Gasteiger partial charge in [-0.05, 0) is 45.9 Å². The van der Waals surface area contributed by atoms with Crippen LogP contribution in [-0.4, -0.2) is 28.1 Å². The van der Waals surface area contributed by atoms with Gasteiger partial charge >= 0.3 is 5.97 Å². The number of amides is 1. The van der Waals surface area contributed by atoms with Gasteiger partial charge in [-0.1, -0.05) is 42.5 Å². The Morgan fingerprint density at radius 3 is 2.22 bits per heavy atom. The van der Waals surface area contributed by atoms with Gasteiger partial charge in [-0.3, -0.25) is 4.79 Å². The summed E-state index contributed by atoms with van der Waals surface area (Å²) in [6.07, 6.45) is -1.24. The molecule has 0 bridgehead atoms. The molecule has 2 aromatic carbocycles. The van der Waals surface area contributed by atoms with Crippen molar-refractivity contribution in [1.29, 1.82) is 0 Å². The Hall–Kier alpha value is -1.93. The Labute approximate surface area is 147 Å². The van der Waals surface area contributed by atoms with E-state index in [1.807, 2.05) is 24.3 Å². The largest absolute Gasteiger partial charge is 0.480 e. The van der Waals surface area contributed by atoms with E-state index in [1.54, 1.807) is 30.3 Å². The third-order valence-electron chi connectivity index (χ3n) is 3.33. The minimum Gasteiger partial charge on any atom is -0.480 e. The lowest BCUT2D eigenvalue weighted by Crippen LogP contribution is -2.44. The van der Waals surface area contributed by atoms with Gasteiger partial charge in [0.15, 0.2) is 6.10 Å². The fraction of sp³-hybridized carbons (Fsp3) is 0.176. The summed E-state index contributed by atoms with van der Waals surface area (Å²) in [5.41, 5.74) is 1.22. The molecule has 3 N–H and O–H groups in total. The molecule has 0 heterocycles. The highest BCUT2D eigenvalue weighted by Crippen LogP contribution is 2.13. The molecule has 2 aromatic rings. The maximum absolute atomic E-state index is 12.1. The molecule has 0 aliphatic heterocycles. The molecule has 0 aliphatic carbocycles. The number of aliphatic hydroxyl groups is 1. The first kappa shape index (κ1) is 17.4. The molecule has 6 heteroatoms. The summed E-state index contributed by atoms with van der Waals surface area (Å²) in [5, 5.41) is 21.7. The van der Waals surface area contributed by atoms with Crippen LogP contribution in [0.25, 0.3) is 0 Å². The summed E-state index contributed by atoms with van der Waals surface area (Å²) in [7, 11) is 0. The number of carboxylic acids is 1. The molecule has 2 atom stereocenters. The van der Waals surface area contributed by atoms with Crippen molar-refractivity contribution in [1.82, 2.24) is 5.32 Å². The van der Waals surface area contributed by atoms with E-state index in [-0.39, 0.29) is 6.42 Å². The molecular weight excluding hydrogens is 409 g/mol. The average Bonchev–Trinajstić information content (AvgIpc) is 2.56. The minimum absolute atomic E-state index is 0.152. The fourth-order valence-electron chi connectivity index (χ4n) is 2.09. The molecule has 0 aliphatic rings. The van der Waals surface area contributed by atoms with Crippen molar-refractivity contribution in [2.75, 3.05) is 0 Å². The molecule has 0 unspecified atom stereocenters. The third-order valence-corrected chi connectivity index (χ3v) is 4.05. The summed E-state index contributed by atoms with van der Waals surface area (Å²) in [4.78, 5) is 23.4. The highest BCUT2D eigenvalue weighted by Gasteiger charge is 2.25. The van der Waals surface area contributed by atoms with E-state index in [0.29, 0.717) is 5.56 Å². The van der Waals surface area contributed by atoms with Crippen LogP contribution in [0.15, 0.2) is 54.6 Å². The lowest BCUT2D eigenvalue weighted by molar-refractivity contribution is -0.143. The van der Waals surface area contributed by atoms with Gasteiger partial charge in [0, 0.05) is 9.99 Å². The number of hydrogen-bond acceptors (Lipinski definition) is 3. The Bertz CT molecular complexity index is 673. The molecular formula is C17H16INO4. The second kappa shape index (κ2) is 8.07. The van der Waals surface area contributed by atoms with Crippen LogP contribution in [0.1, 0.15) is 17.2 Å². The van der Waals surface area contributed by atoms with Crippen molar-refractivity contribution >= 4 is 34.5 Å². The van der Waals surface area contributed by atoms with Gasteiger partial charge in [0.2, 0.25) is 0 Å². The van der Waals surface area contributed by atoms with Crippen molar-refractivity contribution in [2.24, 2.45) is 0 Å². The first-order chi connectivity index (χ1) is 11.0. The number of rotatable bonds is 6. The smallest absolute Gasteiger partial charge is 0.326 e. The van der Waals surface area contributed by atoms with E-state index < -0.39 is 24.0 Å². The van der Waals surface area contributed by atoms with Gasteiger partial charge in [0.25, 0.3) is 5.91 Å². The van der Waals surface area contributed by atoms with Gasteiger partial charge < -0.3 is 15.5 Å². The molecule has 0 saturated carbocycles. The predicted octanol–water partition coefficient (Wildman–Crippen LogP) is 2.14. The molecule has 0 aromatic heterocycles. The second-order valence-electron chi connectivity index (χ2n) is 5.04. The first-order valence-corrected chi connectivity index (χ1v) is 8.06. The summed E-state index contributed by atoms with van der Waals surface area (Å²) in [6, 6.07) is 14.7. The SMILES string of the molecule is O=C(N[C@H](Cc1ccc(I)cc1)C(=O)O)[C@@H](O)c1ccccc1. The van der Waals surface area contributed by atoms with Crippen LogP contribution in [0.3, 0.4) is 0 Å². The van der Waals surface area contributed by atoms with E-state index in [1.165, 1.54) is 0 Å². The number of halogens is 1. The highest BCUT2D eigenvalue weighted by molar-refractivity contribution is 14.1. The van der Waals surface area contributed by atoms with Crippen molar-refractivity contribution in [3.63, 3.8) is 0 Å². The lowest BCUT2D eigenvalue weighted by atomic mass is 10.0. The van der Waals surface area contributed by atoms with Crippen molar-refractivity contribution < 1.29 is 19.8 Å². The van der Waals surface area contributed by atoms with E-state index in [9.17, 15) is 19.8 Å². The topological polar surface area (TPSA) is 86.6 Å². The third kappa shape index (κ3) is 5.04. The van der Waals surface area contributed by atoms with Crippen LogP contribution in [0.5, 0.6) is 0 Å². The summed E-state index contributed by atoms with van der Waals surface area (Å²) < 4.78 is 1.04. The van der Waals surface area contributed by atoms with Crippen molar-refractivity contribution in [3.8, 4) is 0 Å². The predicted molar refractivity (Wildman–Crippen MR) is 93.8 cm³/mol. The summed E-state index contributed by atoms with van der Waals surface area (Å²) in [6.45, 7) is 0. The van der Waals surface area contributed by atoms with Crippen molar-refractivity contribution in [2.45, 2.75) is 18.6 Å². The van der Waals surface area contributed by atoms with Crippen LogP contribution in [0, 0.1) is 3.57 Å². The van der Waals surface area contributed by atoms with Crippen LogP contribution in [-0.2, 0) is 16.0 Å². The van der Waals surface area contributed by atoms with Gasteiger partial charge in [-0.25, -0.2) is 4.79 Å². The molecule has 2 rings (SSSR count). The highest BCUT2D eigenvalue weighted by atomic mass is 127. The lowest BCUT2D eigenvalue weighted by Gasteiger charge is -2.17. The van der Waals surface area contributed by atoms with Crippen LogP contribution in [0.2, 0.25) is 0 Å². The number of carbonyl (C=O) groups is 2. The van der Waals surface area contributed by atoms with Gasteiger partial charge in [0.1, 0.15) is 6.04 Å². The molecule has 0 fully saturated rings. The van der Waals surface area contributed by atoms with Crippen LogP contribution in [0.4, 0.5) is 0 Å². The van der Waals surface area contributed by atoms with E-state index in [4.69, 9.17) is 0 Å². The summed E-state index contributed by atoms with van der Waals surface area (Å²) in [5.74, 6) is -1.87. The Kier molecular flexibility index (Phi) is 6.12. The normalized spacial score (nSPS) is 13.1. The van der Waals surface area contributed by atoms with Gasteiger partial charge in [0.05, 0.1) is 0 Å². The molecule has 0 radical (unpaired) electrons. The molecule has 5 nitrogen and oxygen atoms in total. The number of carboxylic acid groups (broad SMARTS) is 1. The van der Waals surface area contributed by atoms with Crippen LogP contribution < -0.4 is 5.32 Å². The zero-order valence-corrected chi connectivity index (χ0v) is 14.3. The first-order valence-electron chi connectivity index (χ1n) is 6.98. The number of aliphatic hydroxyl groups excluding tert-OH is 1. The molecule has 0 spiro atoms. The van der Waals surface area contributed by atoms with Gasteiger partial charge in [-0.15, -0.1) is 0 Å². The number of aliphatic carboxylic acids is 1. The zero-order chi connectivity index (χ0) is 16.8. The van der Waals surface area contributed by atoms with Gasteiger partial charge in [-0.2, -0.15) is 0 Å². The molecule has 120 valence electrons. The molecule has 1 amide bonds. The van der Waals surface area contributed by atoms with E-state index >= 15 is 0 Å². The Balaban J connectivity index is 2.05. The number of carbonyl (C=O) groups excluding carboxylic acids is 1. The second-order valence-corrected chi connectivity index (χ2v) is 6.29. The summed E-state index contributed by atoms with van der Waals surface area (Å²) >= 11 is 2.16. The Morgan fingerprint density at radius 2 is 1.65 bits per heavy atom. The zero-order valence-electron chi connectivity index (χ0n) is 12.1. The average molecular weight is 425 g/mol.